The van der Waals surface area contributed by atoms with Gasteiger partial charge in [-0.1, -0.05) is 24.3 Å². The Bertz CT molecular complexity index is 770. The molecule has 0 radical (unpaired) electrons. The van der Waals surface area contributed by atoms with E-state index in [1.165, 1.54) is 0 Å². The summed E-state index contributed by atoms with van der Waals surface area (Å²) in [5, 5.41) is 6.15. The molecule has 0 saturated carbocycles. The SMILES string of the molecule is CCOc1ccccc1Nc1nc(-c2cccc(N)c2)cs1. The summed E-state index contributed by atoms with van der Waals surface area (Å²) in [6.45, 7) is 2.60. The minimum absolute atomic E-state index is 0.630. The van der Waals surface area contributed by atoms with E-state index in [2.05, 4.69) is 10.3 Å². The number of nitrogens with one attached hydrogen (secondary N) is 1. The van der Waals surface area contributed by atoms with Crippen molar-refractivity contribution in [1.82, 2.24) is 4.98 Å². The molecule has 0 atom stereocenters. The third kappa shape index (κ3) is 3.20. The first-order valence-corrected chi connectivity index (χ1v) is 7.94. The number of aromatic nitrogens is 1. The molecule has 22 heavy (non-hydrogen) atoms. The number of hydrogen-bond donors (Lipinski definition) is 2. The van der Waals surface area contributed by atoms with Gasteiger partial charge in [0.05, 0.1) is 18.0 Å². The first-order chi connectivity index (χ1) is 10.8. The number of rotatable bonds is 5. The molecule has 0 aliphatic rings. The fourth-order valence-electron chi connectivity index (χ4n) is 2.13. The Morgan fingerprint density at radius 2 is 2.05 bits per heavy atom. The van der Waals surface area contributed by atoms with E-state index in [9.17, 15) is 0 Å². The highest BCUT2D eigenvalue weighted by Crippen LogP contribution is 2.31. The summed E-state index contributed by atoms with van der Waals surface area (Å²) in [5.74, 6) is 0.825. The van der Waals surface area contributed by atoms with E-state index < -0.39 is 0 Å². The van der Waals surface area contributed by atoms with Gasteiger partial charge in [0.25, 0.3) is 0 Å². The van der Waals surface area contributed by atoms with Gasteiger partial charge in [-0.05, 0) is 31.2 Å². The van der Waals surface area contributed by atoms with Gasteiger partial charge < -0.3 is 15.8 Å². The van der Waals surface area contributed by atoms with E-state index in [1.807, 2.05) is 60.8 Å². The van der Waals surface area contributed by atoms with E-state index >= 15 is 0 Å². The van der Waals surface area contributed by atoms with Crippen molar-refractivity contribution < 1.29 is 4.74 Å². The lowest BCUT2D eigenvalue weighted by Gasteiger charge is -2.09. The standard InChI is InChI=1S/C17H17N3OS/c1-2-21-16-9-4-3-8-14(16)19-17-20-15(11-22-17)12-6-5-7-13(18)10-12/h3-11H,2,18H2,1H3,(H,19,20). The molecule has 3 aromatic rings. The molecule has 0 spiro atoms. The fraction of sp³-hybridized carbons (Fsp3) is 0.118. The van der Waals surface area contributed by atoms with E-state index in [4.69, 9.17) is 10.5 Å². The molecule has 1 aromatic heterocycles. The Balaban J connectivity index is 1.83. The van der Waals surface area contributed by atoms with Crippen LogP contribution in [0.3, 0.4) is 0 Å². The summed E-state index contributed by atoms with van der Waals surface area (Å²) in [5.41, 5.74) is 9.40. The Hall–Kier alpha value is -2.53. The lowest BCUT2D eigenvalue weighted by Crippen LogP contribution is -1.97. The molecule has 0 bridgehead atoms. The zero-order valence-electron chi connectivity index (χ0n) is 12.2. The molecule has 0 fully saturated rings. The zero-order chi connectivity index (χ0) is 15.4. The van der Waals surface area contributed by atoms with Gasteiger partial charge in [0.15, 0.2) is 5.13 Å². The third-order valence-electron chi connectivity index (χ3n) is 3.12. The summed E-state index contributed by atoms with van der Waals surface area (Å²) >= 11 is 1.55. The molecule has 0 aliphatic carbocycles. The van der Waals surface area contributed by atoms with E-state index in [1.54, 1.807) is 11.3 Å². The van der Waals surface area contributed by atoms with Crippen molar-refractivity contribution in [1.29, 1.82) is 0 Å². The molecule has 2 aromatic carbocycles. The summed E-state index contributed by atoms with van der Waals surface area (Å²) in [6, 6.07) is 15.6. The Kier molecular flexibility index (Phi) is 4.25. The van der Waals surface area contributed by atoms with Crippen LogP contribution in [0.4, 0.5) is 16.5 Å². The summed E-state index contributed by atoms with van der Waals surface area (Å²) in [7, 11) is 0. The lowest BCUT2D eigenvalue weighted by atomic mass is 10.1. The molecular formula is C17H17N3OS. The second-order valence-corrected chi connectivity index (χ2v) is 5.58. The molecule has 0 aliphatic heterocycles. The van der Waals surface area contributed by atoms with E-state index in [0.717, 1.165) is 33.5 Å². The molecular weight excluding hydrogens is 294 g/mol. The van der Waals surface area contributed by atoms with Gasteiger partial charge in [-0.3, -0.25) is 0 Å². The molecule has 3 rings (SSSR count). The van der Waals surface area contributed by atoms with E-state index in [-0.39, 0.29) is 0 Å². The van der Waals surface area contributed by atoms with Crippen LogP contribution in [0.2, 0.25) is 0 Å². The first-order valence-electron chi connectivity index (χ1n) is 7.06. The number of thiazole rings is 1. The van der Waals surface area contributed by atoms with E-state index in [0.29, 0.717) is 6.61 Å². The number of anilines is 3. The largest absolute Gasteiger partial charge is 0.492 e. The van der Waals surface area contributed by atoms with Gasteiger partial charge in [-0.25, -0.2) is 4.98 Å². The first kappa shape index (κ1) is 14.4. The lowest BCUT2D eigenvalue weighted by molar-refractivity contribution is 0.342. The van der Waals surface area contributed by atoms with Crippen molar-refractivity contribution in [2.24, 2.45) is 0 Å². The van der Waals surface area contributed by atoms with Crippen LogP contribution in [-0.2, 0) is 0 Å². The average Bonchev–Trinajstić information content (AvgIpc) is 2.98. The molecule has 4 nitrogen and oxygen atoms in total. The Morgan fingerprint density at radius 3 is 2.86 bits per heavy atom. The maximum absolute atomic E-state index is 5.82. The summed E-state index contributed by atoms with van der Waals surface area (Å²) in [4.78, 5) is 4.61. The highest BCUT2D eigenvalue weighted by Gasteiger charge is 2.08. The quantitative estimate of drug-likeness (QED) is 0.679. The highest BCUT2D eigenvalue weighted by molar-refractivity contribution is 7.14. The van der Waals surface area contributed by atoms with Crippen molar-refractivity contribution in [3.05, 3.63) is 53.9 Å². The van der Waals surface area contributed by atoms with Crippen LogP contribution in [0.25, 0.3) is 11.3 Å². The van der Waals surface area contributed by atoms with Crippen LogP contribution in [-0.4, -0.2) is 11.6 Å². The molecule has 3 N–H and O–H groups in total. The minimum Gasteiger partial charge on any atom is -0.492 e. The second-order valence-electron chi connectivity index (χ2n) is 4.72. The van der Waals surface area contributed by atoms with Crippen molar-refractivity contribution >= 4 is 27.8 Å². The van der Waals surface area contributed by atoms with Gasteiger partial charge >= 0.3 is 0 Å². The predicted octanol–water partition coefficient (Wildman–Crippen LogP) is 4.53. The van der Waals surface area contributed by atoms with Crippen LogP contribution >= 0.6 is 11.3 Å². The monoisotopic (exact) mass is 311 g/mol. The van der Waals surface area contributed by atoms with Crippen molar-refractivity contribution in [2.75, 3.05) is 17.7 Å². The molecule has 5 heteroatoms. The number of para-hydroxylation sites is 2. The van der Waals surface area contributed by atoms with Gasteiger partial charge in [-0.15, -0.1) is 11.3 Å². The second kappa shape index (κ2) is 6.49. The number of nitrogens with zero attached hydrogens (tertiary/aromatic N) is 1. The predicted molar refractivity (Wildman–Crippen MR) is 92.9 cm³/mol. The highest BCUT2D eigenvalue weighted by atomic mass is 32.1. The smallest absolute Gasteiger partial charge is 0.187 e. The van der Waals surface area contributed by atoms with Gasteiger partial charge in [0.1, 0.15) is 5.75 Å². The van der Waals surface area contributed by atoms with Gasteiger partial charge in [0.2, 0.25) is 0 Å². The molecule has 112 valence electrons. The Morgan fingerprint density at radius 1 is 1.18 bits per heavy atom. The number of hydrogen-bond acceptors (Lipinski definition) is 5. The maximum atomic E-state index is 5.82. The van der Waals surface area contributed by atoms with Crippen LogP contribution < -0.4 is 15.8 Å². The van der Waals surface area contributed by atoms with Crippen molar-refractivity contribution in [3.63, 3.8) is 0 Å². The van der Waals surface area contributed by atoms with Crippen LogP contribution in [0.1, 0.15) is 6.92 Å². The van der Waals surface area contributed by atoms with Crippen LogP contribution in [0.15, 0.2) is 53.9 Å². The molecule has 0 unspecified atom stereocenters. The summed E-state index contributed by atoms with van der Waals surface area (Å²) < 4.78 is 5.61. The normalized spacial score (nSPS) is 10.4. The van der Waals surface area contributed by atoms with Crippen LogP contribution in [0.5, 0.6) is 5.75 Å². The number of nitrogens with two attached hydrogens (primary N) is 1. The number of benzene rings is 2. The van der Waals surface area contributed by atoms with Gasteiger partial charge in [0, 0.05) is 16.6 Å². The number of ether oxygens (including phenoxy) is 1. The molecule has 0 amide bonds. The Labute approximate surface area is 133 Å². The van der Waals surface area contributed by atoms with Crippen molar-refractivity contribution in [3.8, 4) is 17.0 Å². The fourth-order valence-corrected chi connectivity index (χ4v) is 2.86. The van der Waals surface area contributed by atoms with Crippen LogP contribution in [0, 0.1) is 0 Å². The minimum atomic E-state index is 0.630. The zero-order valence-corrected chi connectivity index (χ0v) is 13.1. The molecule has 0 saturated heterocycles. The number of nitrogen functional groups attached to an aromatic ring is 1. The van der Waals surface area contributed by atoms with Gasteiger partial charge in [-0.2, -0.15) is 0 Å². The molecule has 1 heterocycles. The average molecular weight is 311 g/mol. The topological polar surface area (TPSA) is 60.2 Å². The third-order valence-corrected chi connectivity index (χ3v) is 3.87. The maximum Gasteiger partial charge on any atom is 0.187 e. The van der Waals surface area contributed by atoms with Crippen molar-refractivity contribution in [2.45, 2.75) is 6.92 Å². The summed E-state index contributed by atoms with van der Waals surface area (Å²) in [6.07, 6.45) is 0.